The second kappa shape index (κ2) is 1.77. The van der Waals surface area contributed by atoms with Crippen molar-refractivity contribution < 1.29 is 13.0 Å². The standard InChI is InChI=1S/C2H7NO3S/c1-2(3)7(4,5)6/h2H,3H2,1H3,(H,4,5,6)/t2-/m0/s1. The lowest BCUT2D eigenvalue weighted by molar-refractivity contribution is 0.471. The van der Waals surface area contributed by atoms with Crippen LogP contribution in [0.15, 0.2) is 0 Å². The summed E-state index contributed by atoms with van der Waals surface area (Å²) >= 11 is 0. The minimum absolute atomic E-state index is 1.17. The van der Waals surface area contributed by atoms with Gasteiger partial charge in [-0.2, -0.15) is 8.42 Å². The highest BCUT2D eigenvalue weighted by Crippen LogP contribution is 1.84. The van der Waals surface area contributed by atoms with Gasteiger partial charge < -0.3 is 5.73 Å². The predicted molar refractivity (Wildman–Crippen MR) is 25.2 cm³/mol. The summed E-state index contributed by atoms with van der Waals surface area (Å²) < 4.78 is 27.5. The molecule has 0 rings (SSSR count). The molecule has 0 aromatic carbocycles. The molecule has 0 amide bonds. The average molecular weight is 125 g/mol. The molecule has 5 heteroatoms. The molecule has 3 N–H and O–H groups in total. The van der Waals surface area contributed by atoms with E-state index in [-0.39, 0.29) is 0 Å². The molecular weight excluding hydrogens is 118 g/mol. The fraction of sp³-hybridized carbons (Fsp3) is 1.00. The summed E-state index contributed by atoms with van der Waals surface area (Å²) in [5.41, 5.74) is 4.73. The first-order chi connectivity index (χ1) is 2.94. The van der Waals surface area contributed by atoms with Gasteiger partial charge in [-0.05, 0) is 6.92 Å². The molecular formula is C2H7NO3S. The summed E-state index contributed by atoms with van der Waals surface area (Å²) in [6.07, 6.45) is 0. The zero-order chi connectivity index (χ0) is 6.08. The molecule has 0 aliphatic rings. The van der Waals surface area contributed by atoms with E-state index in [9.17, 15) is 8.42 Å². The molecule has 0 spiro atoms. The molecule has 0 saturated carbocycles. The lowest BCUT2D eigenvalue weighted by atomic mass is 10.8. The number of nitrogens with two attached hydrogens (primary N) is 1. The first-order valence-electron chi connectivity index (χ1n) is 1.66. The summed E-state index contributed by atoms with van der Waals surface area (Å²) in [6.45, 7) is 1.19. The van der Waals surface area contributed by atoms with Crippen LogP contribution in [0.25, 0.3) is 0 Å². The monoisotopic (exact) mass is 125 g/mol. The maximum absolute atomic E-state index is 9.76. The Labute approximate surface area is 42.1 Å². The Morgan fingerprint density at radius 2 is 1.86 bits per heavy atom. The summed E-state index contributed by atoms with van der Waals surface area (Å²) in [5, 5.41) is -1.17. The van der Waals surface area contributed by atoms with Crippen LogP contribution in [0.4, 0.5) is 0 Å². The van der Waals surface area contributed by atoms with Crippen molar-refractivity contribution in [3.63, 3.8) is 0 Å². The number of hydrogen-bond acceptors (Lipinski definition) is 3. The van der Waals surface area contributed by atoms with E-state index in [0.717, 1.165) is 0 Å². The van der Waals surface area contributed by atoms with E-state index >= 15 is 0 Å². The van der Waals surface area contributed by atoms with E-state index in [2.05, 4.69) is 0 Å². The van der Waals surface area contributed by atoms with E-state index in [4.69, 9.17) is 10.3 Å². The van der Waals surface area contributed by atoms with Gasteiger partial charge in [-0.25, -0.2) is 0 Å². The minimum Gasteiger partial charge on any atom is -0.313 e. The molecule has 7 heavy (non-hydrogen) atoms. The van der Waals surface area contributed by atoms with Crippen molar-refractivity contribution in [3.05, 3.63) is 0 Å². The first kappa shape index (κ1) is 6.87. The summed E-state index contributed by atoms with van der Waals surface area (Å²) in [6, 6.07) is 0. The zero-order valence-corrected chi connectivity index (χ0v) is 4.64. The van der Waals surface area contributed by atoms with E-state index in [1.54, 1.807) is 0 Å². The summed E-state index contributed by atoms with van der Waals surface area (Å²) in [4.78, 5) is 0. The van der Waals surface area contributed by atoms with E-state index in [1.807, 2.05) is 0 Å². The lowest BCUT2D eigenvalue weighted by Gasteiger charge is -1.95. The van der Waals surface area contributed by atoms with Crippen LogP contribution in [0.5, 0.6) is 0 Å². The highest BCUT2D eigenvalue weighted by Gasteiger charge is 2.09. The van der Waals surface area contributed by atoms with E-state index < -0.39 is 15.5 Å². The van der Waals surface area contributed by atoms with Crippen LogP contribution < -0.4 is 5.73 Å². The predicted octanol–water partition coefficient (Wildman–Crippen LogP) is -0.821. The smallest absolute Gasteiger partial charge is 0.280 e. The third kappa shape index (κ3) is 2.55. The maximum atomic E-state index is 9.76. The number of hydrogen-bond donors (Lipinski definition) is 2. The Bertz CT molecular complexity index is 135. The molecule has 0 saturated heterocycles. The van der Waals surface area contributed by atoms with Gasteiger partial charge in [-0.15, -0.1) is 0 Å². The van der Waals surface area contributed by atoms with Crippen LogP contribution in [-0.2, 0) is 10.1 Å². The molecule has 0 aromatic rings. The molecule has 44 valence electrons. The second-order valence-electron chi connectivity index (χ2n) is 1.22. The van der Waals surface area contributed by atoms with Crippen LogP contribution in [-0.4, -0.2) is 18.3 Å². The average Bonchev–Trinajstić information content (AvgIpc) is 1.31. The van der Waals surface area contributed by atoms with E-state index in [1.165, 1.54) is 6.92 Å². The SMILES string of the molecule is C[C@@H](N)S(=O)(=O)O. The number of rotatable bonds is 1. The third-order valence-corrected chi connectivity index (χ3v) is 1.41. The Morgan fingerprint density at radius 1 is 1.71 bits per heavy atom. The largest absolute Gasteiger partial charge is 0.313 e. The molecule has 0 bridgehead atoms. The van der Waals surface area contributed by atoms with Crippen LogP contribution in [0, 0.1) is 0 Å². The Hall–Kier alpha value is -0.130. The van der Waals surface area contributed by atoms with Crippen molar-refractivity contribution >= 4 is 10.1 Å². The molecule has 0 unspecified atom stereocenters. The minimum atomic E-state index is -3.96. The maximum Gasteiger partial charge on any atom is 0.280 e. The van der Waals surface area contributed by atoms with Gasteiger partial charge in [0.1, 0.15) is 5.37 Å². The Morgan fingerprint density at radius 3 is 1.86 bits per heavy atom. The Kier molecular flexibility index (Phi) is 1.74. The van der Waals surface area contributed by atoms with Gasteiger partial charge in [-0.3, -0.25) is 4.55 Å². The first-order valence-corrected chi connectivity index (χ1v) is 3.17. The normalized spacial score (nSPS) is 16.4. The van der Waals surface area contributed by atoms with Crippen LogP contribution in [0.2, 0.25) is 0 Å². The van der Waals surface area contributed by atoms with Gasteiger partial charge in [0.25, 0.3) is 10.1 Å². The molecule has 0 heterocycles. The lowest BCUT2D eigenvalue weighted by Crippen LogP contribution is -2.25. The third-order valence-electron chi connectivity index (χ3n) is 0.470. The summed E-state index contributed by atoms with van der Waals surface area (Å²) in [5.74, 6) is 0. The van der Waals surface area contributed by atoms with Gasteiger partial charge in [0.05, 0.1) is 0 Å². The molecule has 0 aromatic heterocycles. The molecule has 0 fully saturated rings. The van der Waals surface area contributed by atoms with Crippen molar-refractivity contribution in [1.29, 1.82) is 0 Å². The van der Waals surface area contributed by atoms with Crippen molar-refractivity contribution in [2.24, 2.45) is 5.73 Å². The van der Waals surface area contributed by atoms with Crippen molar-refractivity contribution in [2.75, 3.05) is 0 Å². The van der Waals surface area contributed by atoms with Crippen LogP contribution in [0.1, 0.15) is 6.92 Å². The van der Waals surface area contributed by atoms with Crippen molar-refractivity contribution in [2.45, 2.75) is 12.3 Å². The Balaban J connectivity index is 4.10. The highest BCUT2D eigenvalue weighted by atomic mass is 32.2. The van der Waals surface area contributed by atoms with Crippen LogP contribution >= 0.6 is 0 Å². The summed E-state index contributed by atoms with van der Waals surface area (Å²) in [7, 11) is -3.96. The van der Waals surface area contributed by atoms with E-state index in [0.29, 0.717) is 0 Å². The van der Waals surface area contributed by atoms with Crippen molar-refractivity contribution in [3.8, 4) is 0 Å². The van der Waals surface area contributed by atoms with Gasteiger partial charge in [0.2, 0.25) is 0 Å². The van der Waals surface area contributed by atoms with Crippen molar-refractivity contribution in [1.82, 2.24) is 0 Å². The molecule has 4 nitrogen and oxygen atoms in total. The molecule has 0 aliphatic carbocycles. The molecule has 1 atom stereocenters. The van der Waals surface area contributed by atoms with Gasteiger partial charge in [0.15, 0.2) is 0 Å². The molecule has 0 radical (unpaired) electrons. The zero-order valence-electron chi connectivity index (χ0n) is 3.83. The highest BCUT2D eigenvalue weighted by molar-refractivity contribution is 7.86. The van der Waals surface area contributed by atoms with Gasteiger partial charge in [-0.1, -0.05) is 0 Å². The fourth-order valence-corrected chi connectivity index (χ4v) is 0. The molecule has 0 aliphatic heterocycles. The van der Waals surface area contributed by atoms with Gasteiger partial charge >= 0.3 is 0 Å². The second-order valence-corrected chi connectivity index (χ2v) is 2.99. The quantitative estimate of drug-likeness (QED) is 0.448. The van der Waals surface area contributed by atoms with Gasteiger partial charge in [0, 0.05) is 0 Å². The fourth-order valence-electron chi connectivity index (χ4n) is 0. The topological polar surface area (TPSA) is 80.4 Å². The van der Waals surface area contributed by atoms with Crippen LogP contribution in [0.3, 0.4) is 0 Å².